The van der Waals surface area contributed by atoms with Crippen LogP contribution in [0.3, 0.4) is 0 Å². The Morgan fingerprint density at radius 2 is 2.50 bits per heavy atom. The maximum atomic E-state index is 5.54. The lowest BCUT2D eigenvalue weighted by Crippen LogP contribution is -2.28. The average molecular weight is 131 g/mol. The molecule has 0 radical (unpaired) electrons. The topological polar surface area (TPSA) is 41.6 Å². The van der Waals surface area contributed by atoms with Crippen LogP contribution in [-0.4, -0.2) is 22.6 Å². The normalized spacial score (nSPS) is 28.6. The third-order valence-corrected chi connectivity index (χ3v) is 1.93. The minimum absolute atomic E-state index is 0.0370. The second kappa shape index (κ2) is 1.95. The van der Waals surface area contributed by atoms with Crippen LogP contribution in [-0.2, 0) is 0 Å². The summed E-state index contributed by atoms with van der Waals surface area (Å²) >= 11 is 1.58. The quantitative estimate of drug-likeness (QED) is 0.512. The molecule has 0 saturated carbocycles. The largest absolute Gasteiger partial charge is 0.301 e. The van der Waals surface area contributed by atoms with Crippen LogP contribution in [0.25, 0.3) is 0 Å². The molecule has 2 N–H and O–H groups in total. The van der Waals surface area contributed by atoms with Gasteiger partial charge in [0.1, 0.15) is 5.50 Å². The fraction of sp³-hybridized carbons (Fsp3) is 0.750. The number of hydrazone groups is 1. The monoisotopic (exact) mass is 131 g/mol. The van der Waals surface area contributed by atoms with Crippen LogP contribution in [0, 0.1) is 0 Å². The Hall–Kier alpha value is -0.220. The molecule has 8 heavy (non-hydrogen) atoms. The minimum atomic E-state index is 0.0370. The third kappa shape index (κ3) is 0.952. The summed E-state index contributed by atoms with van der Waals surface area (Å²) < 4.78 is 0. The molecule has 4 heteroatoms. The van der Waals surface area contributed by atoms with Crippen LogP contribution in [0.2, 0.25) is 0 Å². The lowest BCUT2D eigenvalue weighted by Gasteiger charge is -2.10. The number of nitrogens with zero attached hydrogens (tertiary/aromatic N) is 2. The fourth-order valence-corrected chi connectivity index (χ4v) is 1.28. The van der Waals surface area contributed by atoms with Gasteiger partial charge in [-0.05, 0) is 6.92 Å². The smallest absolute Gasteiger partial charge is 0.147 e. The Morgan fingerprint density at radius 1 is 1.88 bits per heavy atom. The molecule has 0 spiro atoms. The summed E-state index contributed by atoms with van der Waals surface area (Å²) in [7, 11) is 1.87. The first kappa shape index (κ1) is 5.91. The number of hydrogen-bond donors (Lipinski definition) is 1. The van der Waals surface area contributed by atoms with Gasteiger partial charge in [0.05, 0.1) is 5.04 Å². The molecule has 0 amide bonds. The molecule has 46 valence electrons. The highest BCUT2D eigenvalue weighted by Crippen LogP contribution is 2.18. The van der Waals surface area contributed by atoms with Crippen LogP contribution >= 0.6 is 11.8 Å². The summed E-state index contributed by atoms with van der Waals surface area (Å²) in [6, 6.07) is 0. The standard InChI is InChI=1S/C4H9N3S/c1-3-6-7(2)4(5)8-3/h4H,5H2,1-2H3. The van der Waals surface area contributed by atoms with Crippen molar-refractivity contribution in [3.8, 4) is 0 Å². The van der Waals surface area contributed by atoms with E-state index in [2.05, 4.69) is 5.10 Å². The molecule has 0 aromatic rings. The van der Waals surface area contributed by atoms with Gasteiger partial charge in [0.2, 0.25) is 0 Å². The highest BCUT2D eigenvalue weighted by molar-refractivity contribution is 8.14. The fourth-order valence-electron chi connectivity index (χ4n) is 0.554. The Balaban J connectivity index is 2.56. The van der Waals surface area contributed by atoms with Gasteiger partial charge >= 0.3 is 0 Å². The molecular weight excluding hydrogens is 122 g/mol. The van der Waals surface area contributed by atoms with E-state index in [1.165, 1.54) is 0 Å². The molecule has 1 aliphatic heterocycles. The molecule has 1 unspecified atom stereocenters. The molecule has 1 rings (SSSR count). The minimum Gasteiger partial charge on any atom is -0.301 e. The molecule has 1 atom stereocenters. The number of hydrogen-bond acceptors (Lipinski definition) is 4. The van der Waals surface area contributed by atoms with Crippen molar-refractivity contribution in [2.75, 3.05) is 7.05 Å². The molecule has 0 aromatic carbocycles. The van der Waals surface area contributed by atoms with Crippen molar-refractivity contribution in [2.24, 2.45) is 10.8 Å². The van der Waals surface area contributed by atoms with E-state index >= 15 is 0 Å². The predicted octanol–water partition coefficient (Wildman–Crippen LogP) is 0.241. The predicted molar refractivity (Wildman–Crippen MR) is 36.4 cm³/mol. The van der Waals surface area contributed by atoms with Gasteiger partial charge in [-0.15, -0.1) is 0 Å². The Bertz CT molecular complexity index is 122. The van der Waals surface area contributed by atoms with Gasteiger partial charge in [0.25, 0.3) is 0 Å². The van der Waals surface area contributed by atoms with E-state index in [-0.39, 0.29) is 5.50 Å². The lowest BCUT2D eigenvalue weighted by atomic mass is 10.9. The molecule has 3 nitrogen and oxygen atoms in total. The summed E-state index contributed by atoms with van der Waals surface area (Å²) in [4.78, 5) is 0. The molecule has 0 fully saturated rings. The van der Waals surface area contributed by atoms with Crippen molar-refractivity contribution in [1.29, 1.82) is 0 Å². The van der Waals surface area contributed by atoms with Crippen molar-refractivity contribution >= 4 is 16.8 Å². The summed E-state index contributed by atoms with van der Waals surface area (Å²) in [6.45, 7) is 1.95. The van der Waals surface area contributed by atoms with Crippen molar-refractivity contribution < 1.29 is 0 Å². The lowest BCUT2D eigenvalue weighted by molar-refractivity contribution is 0.347. The Kier molecular flexibility index (Phi) is 1.44. The van der Waals surface area contributed by atoms with Crippen LogP contribution in [0.1, 0.15) is 6.92 Å². The van der Waals surface area contributed by atoms with E-state index in [0.29, 0.717) is 0 Å². The number of nitrogens with two attached hydrogens (primary N) is 1. The van der Waals surface area contributed by atoms with Gasteiger partial charge in [0, 0.05) is 7.05 Å². The van der Waals surface area contributed by atoms with Gasteiger partial charge in [-0.25, -0.2) is 0 Å². The van der Waals surface area contributed by atoms with E-state index in [1.54, 1.807) is 16.8 Å². The zero-order valence-corrected chi connectivity index (χ0v) is 5.77. The van der Waals surface area contributed by atoms with E-state index in [4.69, 9.17) is 5.73 Å². The zero-order chi connectivity index (χ0) is 6.15. The first-order valence-corrected chi connectivity index (χ1v) is 3.28. The van der Waals surface area contributed by atoms with Gasteiger partial charge in [-0.1, -0.05) is 11.8 Å². The maximum Gasteiger partial charge on any atom is 0.147 e. The van der Waals surface area contributed by atoms with Crippen LogP contribution in [0.4, 0.5) is 0 Å². The SMILES string of the molecule is CC1=NN(C)C(N)S1. The molecule has 0 saturated heterocycles. The molecule has 0 aromatic heterocycles. The summed E-state index contributed by atoms with van der Waals surface area (Å²) in [5, 5.41) is 6.85. The van der Waals surface area contributed by atoms with Crippen molar-refractivity contribution in [1.82, 2.24) is 5.01 Å². The molecular formula is C4H9N3S. The van der Waals surface area contributed by atoms with E-state index in [9.17, 15) is 0 Å². The first-order chi connectivity index (χ1) is 3.70. The molecule has 1 heterocycles. The highest BCUT2D eigenvalue weighted by Gasteiger charge is 2.15. The van der Waals surface area contributed by atoms with Crippen molar-refractivity contribution in [3.63, 3.8) is 0 Å². The van der Waals surface area contributed by atoms with Gasteiger partial charge < -0.3 is 5.73 Å². The van der Waals surface area contributed by atoms with E-state index in [1.807, 2.05) is 14.0 Å². The molecule has 0 bridgehead atoms. The highest BCUT2D eigenvalue weighted by atomic mass is 32.2. The third-order valence-electron chi connectivity index (χ3n) is 0.958. The van der Waals surface area contributed by atoms with E-state index < -0.39 is 0 Å². The Morgan fingerprint density at radius 3 is 2.62 bits per heavy atom. The van der Waals surface area contributed by atoms with Crippen LogP contribution in [0.5, 0.6) is 0 Å². The maximum absolute atomic E-state index is 5.54. The second-order valence-electron chi connectivity index (χ2n) is 1.70. The molecule has 1 aliphatic rings. The summed E-state index contributed by atoms with van der Waals surface area (Å²) in [6.07, 6.45) is 0. The second-order valence-corrected chi connectivity index (χ2v) is 3.01. The zero-order valence-electron chi connectivity index (χ0n) is 4.96. The number of rotatable bonds is 0. The first-order valence-electron chi connectivity index (χ1n) is 2.40. The summed E-state index contributed by atoms with van der Waals surface area (Å²) in [5.74, 6) is 0. The van der Waals surface area contributed by atoms with Gasteiger partial charge in [0.15, 0.2) is 0 Å². The van der Waals surface area contributed by atoms with E-state index in [0.717, 1.165) is 5.04 Å². The van der Waals surface area contributed by atoms with Crippen molar-refractivity contribution in [3.05, 3.63) is 0 Å². The van der Waals surface area contributed by atoms with Crippen molar-refractivity contribution in [2.45, 2.75) is 12.4 Å². The van der Waals surface area contributed by atoms with Crippen LogP contribution in [0.15, 0.2) is 5.10 Å². The summed E-state index contributed by atoms with van der Waals surface area (Å²) in [5.41, 5.74) is 5.58. The Labute approximate surface area is 52.9 Å². The molecule has 0 aliphatic carbocycles. The number of thioether (sulfide) groups is 1. The van der Waals surface area contributed by atoms with Crippen LogP contribution < -0.4 is 5.73 Å². The van der Waals surface area contributed by atoms with Gasteiger partial charge in [-0.2, -0.15) is 5.10 Å². The van der Waals surface area contributed by atoms with Gasteiger partial charge in [-0.3, -0.25) is 5.01 Å². The average Bonchev–Trinajstić information content (AvgIpc) is 1.85.